The summed E-state index contributed by atoms with van der Waals surface area (Å²) in [6.45, 7) is 7.32. The van der Waals surface area contributed by atoms with Gasteiger partial charge in [-0.2, -0.15) is 5.26 Å². The number of benzene rings is 2. The third-order valence-electron chi connectivity index (χ3n) is 5.78. The quantitative estimate of drug-likeness (QED) is 0.850. The van der Waals surface area contributed by atoms with Gasteiger partial charge in [-0.1, -0.05) is 12.1 Å². The highest BCUT2D eigenvalue weighted by Gasteiger charge is 2.26. The van der Waals surface area contributed by atoms with Crippen molar-refractivity contribution in [3.05, 3.63) is 59.2 Å². The van der Waals surface area contributed by atoms with Gasteiger partial charge < -0.3 is 10.1 Å². The molecule has 0 saturated carbocycles. The second-order valence-electron chi connectivity index (χ2n) is 7.71. The van der Waals surface area contributed by atoms with E-state index in [2.05, 4.69) is 39.4 Å². The summed E-state index contributed by atoms with van der Waals surface area (Å²) in [6, 6.07) is 15.4. The fraction of sp³-hybridized carbons (Fsp3) is 0.391. The van der Waals surface area contributed by atoms with Crippen molar-refractivity contribution in [3.8, 4) is 11.8 Å². The smallest absolute Gasteiger partial charge is 0.241 e. The van der Waals surface area contributed by atoms with Gasteiger partial charge in [0.2, 0.25) is 5.91 Å². The lowest BCUT2D eigenvalue weighted by molar-refractivity contribution is -0.121. The lowest BCUT2D eigenvalue weighted by atomic mass is 10.1. The van der Waals surface area contributed by atoms with Gasteiger partial charge in [0.1, 0.15) is 5.75 Å². The van der Waals surface area contributed by atoms with E-state index in [1.54, 1.807) is 24.3 Å². The van der Waals surface area contributed by atoms with E-state index in [4.69, 9.17) is 10.00 Å². The maximum Gasteiger partial charge on any atom is 0.241 e. The number of hydrogen-bond donors (Lipinski definition) is 1. The van der Waals surface area contributed by atoms with E-state index in [1.807, 2.05) is 6.92 Å². The standard InChI is InChI=1S/C23H26N4O2/c1-17(23(28)25-21-5-2-18(15-24)3-6-21)27-11-9-26(10-12-27)16-19-4-7-22-20(14-19)8-13-29-22/h2-7,14,17H,8-13,16H2,1H3,(H,25,28)/t17-/m1/s1. The Morgan fingerprint density at radius 1 is 1.17 bits per heavy atom. The maximum atomic E-state index is 12.6. The molecule has 1 atom stereocenters. The number of anilines is 1. The van der Waals surface area contributed by atoms with E-state index in [-0.39, 0.29) is 11.9 Å². The molecule has 29 heavy (non-hydrogen) atoms. The molecular formula is C23H26N4O2. The summed E-state index contributed by atoms with van der Waals surface area (Å²) in [5, 5.41) is 11.8. The van der Waals surface area contributed by atoms with Crippen molar-refractivity contribution in [2.45, 2.75) is 25.9 Å². The number of nitrogens with zero attached hydrogens (tertiary/aromatic N) is 3. The minimum Gasteiger partial charge on any atom is -0.493 e. The molecule has 1 fully saturated rings. The van der Waals surface area contributed by atoms with Crippen molar-refractivity contribution in [1.82, 2.24) is 9.80 Å². The highest BCUT2D eigenvalue weighted by molar-refractivity contribution is 5.94. The van der Waals surface area contributed by atoms with Gasteiger partial charge in [-0.3, -0.25) is 14.6 Å². The Bertz CT molecular complexity index is 911. The monoisotopic (exact) mass is 390 g/mol. The van der Waals surface area contributed by atoms with Gasteiger partial charge in [-0.25, -0.2) is 0 Å². The molecule has 6 nitrogen and oxygen atoms in total. The predicted molar refractivity (Wildman–Crippen MR) is 112 cm³/mol. The number of fused-ring (bicyclic) bond motifs is 1. The third kappa shape index (κ3) is 4.58. The van der Waals surface area contributed by atoms with E-state index >= 15 is 0 Å². The lowest BCUT2D eigenvalue weighted by Crippen LogP contribution is -2.52. The third-order valence-corrected chi connectivity index (χ3v) is 5.78. The minimum atomic E-state index is -0.190. The molecule has 2 aromatic carbocycles. The molecule has 6 heteroatoms. The summed E-state index contributed by atoms with van der Waals surface area (Å²) in [4.78, 5) is 17.3. The molecular weight excluding hydrogens is 364 g/mol. The first-order valence-corrected chi connectivity index (χ1v) is 10.1. The molecule has 0 spiro atoms. The summed E-state index contributed by atoms with van der Waals surface area (Å²) in [6.07, 6.45) is 1.00. The van der Waals surface area contributed by atoms with Crippen molar-refractivity contribution in [2.24, 2.45) is 0 Å². The zero-order valence-electron chi connectivity index (χ0n) is 16.7. The van der Waals surface area contributed by atoms with Gasteiger partial charge in [0.15, 0.2) is 0 Å². The first-order chi connectivity index (χ1) is 14.1. The topological polar surface area (TPSA) is 68.6 Å². The molecule has 0 aromatic heterocycles. The van der Waals surface area contributed by atoms with Crippen molar-refractivity contribution in [2.75, 3.05) is 38.1 Å². The van der Waals surface area contributed by atoms with Gasteiger partial charge in [0.05, 0.1) is 24.3 Å². The molecule has 0 aliphatic carbocycles. The van der Waals surface area contributed by atoms with Crippen LogP contribution in [0.5, 0.6) is 5.75 Å². The molecule has 150 valence electrons. The van der Waals surface area contributed by atoms with Crippen LogP contribution in [-0.2, 0) is 17.8 Å². The zero-order valence-corrected chi connectivity index (χ0v) is 16.7. The van der Waals surface area contributed by atoms with Crippen molar-refractivity contribution < 1.29 is 9.53 Å². The molecule has 2 aliphatic heterocycles. The van der Waals surface area contributed by atoms with Gasteiger partial charge >= 0.3 is 0 Å². The highest BCUT2D eigenvalue weighted by atomic mass is 16.5. The molecule has 1 saturated heterocycles. The number of piperazine rings is 1. The Morgan fingerprint density at radius 3 is 2.66 bits per heavy atom. The normalized spacial score (nSPS) is 17.8. The molecule has 2 heterocycles. The number of ether oxygens (including phenoxy) is 1. The summed E-state index contributed by atoms with van der Waals surface area (Å²) in [7, 11) is 0. The average Bonchev–Trinajstić information content (AvgIpc) is 3.22. The Balaban J connectivity index is 1.27. The SMILES string of the molecule is C[C@H](C(=O)Nc1ccc(C#N)cc1)N1CCN(Cc2ccc3c(c2)CCO3)CC1. The van der Waals surface area contributed by atoms with Crippen LogP contribution < -0.4 is 10.1 Å². The maximum absolute atomic E-state index is 12.6. The Labute approximate surface area is 171 Å². The largest absolute Gasteiger partial charge is 0.493 e. The fourth-order valence-electron chi connectivity index (χ4n) is 3.95. The number of nitrogens with one attached hydrogen (secondary N) is 1. The molecule has 0 bridgehead atoms. The molecule has 4 rings (SSSR count). The van der Waals surface area contributed by atoms with Crippen LogP contribution in [0.3, 0.4) is 0 Å². The van der Waals surface area contributed by atoms with Crippen LogP contribution >= 0.6 is 0 Å². The minimum absolute atomic E-state index is 0.0122. The van der Waals surface area contributed by atoms with E-state index < -0.39 is 0 Å². The number of carbonyl (C=O) groups excluding carboxylic acids is 1. The molecule has 1 amide bonds. The highest BCUT2D eigenvalue weighted by Crippen LogP contribution is 2.26. The molecule has 2 aliphatic rings. The first-order valence-electron chi connectivity index (χ1n) is 10.1. The molecule has 2 aromatic rings. The summed E-state index contributed by atoms with van der Waals surface area (Å²) >= 11 is 0. The van der Waals surface area contributed by atoms with Crippen molar-refractivity contribution >= 4 is 11.6 Å². The van der Waals surface area contributed by atoms with Crippen LogP contribution in [0.1, 0.15) is 23.6 Å². The van der Waals surface area contributed by atoms with Crippen LogP contribution in [0.4, 0.5) is 5.69 Å². The van der Waals surface area contributed by atoms with Crippen LogP contribution in [0, 0.1) is 11.3 Å². The number of carbonyl (C=O) groups is 1. The Hall–Kier alpha value is -2.88. The molecule has 1 N–H and O–H groups in total. The van der Waals surface area contributed by atoms with Crippen LogP contribution in [-0.4, -0.2) is 54.5 Å². The van der Waals surface area contributed by atoms with Crippen LogP contribution in [0.25, 0.3) is 0 Å². The fourth-order valence-corrected chi connectivity index (χ4v) is 3.95. The average molecular weight is 390 g/mol. The summed E-state index contributed by atoms with van der Waals surface area (Å²) < 4.78 is 5.59. The summed E-state index contributed by atoms with van der Waals surface area (Å²) in [5.74, 6) is 1.02. The van der Waals surface area contributed by atoms with Crippen molar-refractivity contribution in [3.63, 3.8) is 0 Å². The van der Waals surface area contributed by atoms with Gasteiger partial charge in [-0.15, -0.1) is 0 Å². The molecule has 0 radical (unpaired) electrons. The van der Waals surface area contributed by atoms with Crippen LogP contribution in [0.2, 0.25) is 0 Å². The first kappa shape index (κ1) is 19.4. The van der Waals surface area contributed by atoms with Gasteiger partial charge in [0, 0.05) is 44.8 Å². The Kier molecular flexibility index (Phi) is 5.79. The number of hydrogen-bond acceptors (Lipinski definition) is 5. The predicted octanol–water partition coefficient (Wildman–Crippen LogP) is 2.64. The van der Waals surface area contributed by atoms with Crippen LogP contribution in [0.15, 0.2) is 42.5 Å². The molecule has 0 unspecified atom stereocenters. The number of rotatable bonds is 5. The Morgan fingerprint density at radius 2 is 1.93 bits per heavy atom. The van der Waals surface area contributed by atoms with E-state index in [9.17, 15) is 4.79 Å². The van der Waals surface area contributed by atoms with E-state index in [0.717, 1.165) is 57.2 Å². The van der Waals surface area contributed by atoms with Gasteiger partial charge in [-0.05, 0) is 48.4 Å². The zero-order chi connectivity index (χ0) is 20.2. The summed E-state index contributed by atoms with van der Waals surface area (Å²) in [5.41, 5.74) is 3.95. The second kappa shape index (κ2) is 8.64. The second-order valence-corrected chi connectivity index (χ2v) is 7.71. The number of amides is 1. The van der Waals surface area contributed by atoms with E-state index in [1.165, 1.54) is 11.1 Å². The van der Waals surface area contributed by atoms with E-state index in [0.29, 0.717) is 5.56 Å². The number of nitriles is 1. The van der Waals surface area contributed by atoms with Crippen molar-refractivity contribution in [1.29, 1.82) is 5.26 Å². The van der Waals surface area contributed by atoms with Gasteiger partial charge in [0.25, 0.3) is 0 Å². The lowest BCUT2D eigenvalue weighted by Gasteiger charge is -2.37.